The lowest BCUT2D eigenvalue weighted by Gasteiger charge is -2.15. The molecule has 0 saturated carbocycles. The van der Waals surface area contributed by atoms with Crippen molar-refractivity contribution in [3.8, 4) is 17.1 Å². The van der Waals surface area contributed by atoms with Gasteiger partial charge in [-0.2, -0.15) is 4.98 Å². The molecule has 1 heterocycles. The minimum atomic E-state index is 0.491. The van der Waals surface area contributed by atoms with Crippen LogP contribution in [-0.2, 0) is 13.1 Å². The molecule has 0 aliphatic heterocycles. The fourth-order valence-electron chi connectivity index (χ4n) is 2.51. The van der Waals surface area contributed by atoms with Gasteiger partial charge in [-0.25, -0.2) is 0 Å². The smallest absolute Gasteiger partial charge is 0.241 e. The van der Waals surface area contributed by atoms with Gasteiger partial charge in [-0.3, -0.25) is 4.90 Å². The molecule has 5 nitrogen and oxygen atoms in total. The molecule has 25 heavy (non-hydrogen) atoms. The second-order valence-electron chi connectivity index (χ2n) is 5.60. The summed E-state index contributed by atoms with van der Waals surface area (Å²) in [6, 6.07) is 13.1. The van der Waals surface area contributed by atoms with Crippen molar-refractivity contribution in [2.45, 2.75) is 13.1 Å². The number of methoxy groups -OCH3 is 1. The molecular weight excluding hydrogens is 361 g/mol. The van der Waals surface area contributed by atoms with Crippen LogP contribution in [0.15, 0.2) is 47.0 Å². The zero-order valence-corrected chi connectivity index (χ0v) is 15.4. The Morgan fingerprint density at radius 1 is 1.08 bits per heavy atom. The van der Waals surface area contributed by atoms with E-state index in [2.05, 4.69) is 10.1 Å². The van der Waals surface area contributed by atoms with Gasteiger partial charge in [-0.15, -0.1) is 0 Å². The third-order valence-electron chi connectivity index (χ3n) is 3.69. The van der Waals surface area contributed by atoms with Crippen LogP contribution in [0.3, 0.4) is 0 Å². The number of para-hydroxylation sites is 1. The Morgan fingerprint density at radius 2 is 1.88 bits per heavy atom. The molecule has 3 rings (SSSR count). The van der Waals surface area contributed by atoms with Crippen LogP contribution in [-0.4, -0.2) is 29.2 Å². The van der Waals surface area contributed by atoms with Crippen molar-refractivity contribution in [2.24, 2.45) is 0 Å². The van der Waals surface area contributed by atoms with Crippen LogP contribution < -0.4 is 4.74 Å². The minimum absolute atomic E-state index is 0.491. The number of nitrogens with zero attached hydrogens (tertiary/aromatic N) is 3. The molecule has 130 valence electrons. The van der Waals surface area contributed by atoms with E-state index in [0.29, 0.717) is 40.6 Å². The van der Waals surface area contributed by atoms with Crippen molar-refractivity contribution in [1.82, 2.24) is 15.0 Å². The van der Waals surface area contributed by atoms with E-state index < -0.39 is 0 Å². The molecule has 0 saturated heterocycles. The molecule has 0 N–H and O–H groups in total. The Bertz CT molecular complexity index is 867. The highest BCUT2D eigenvalue weighted by atomic mass is 35.5. The lowest BCUT2D eigenvalue weighted by molar-refractivity contribution is 0.261. The Kier molecular flexibility index (Phi) is 5.58. The highest BCUT2D eigenvalue weighted by molar-refractivity contribution is 6.42. The number of halogens is 2. The molecule has 1 aromatic heterocycles. The van der Waals surface area contributed by atoms with Crippen molar-refractivity contribution in [3.05, 3.63) is 64.0 Å². The summed E-state index contributed by atoms with van der Waals surface area (Å²) in [7, 11) is 3.56. The summed E-state index contributed by atoms with van der Waals surface area (Å²) < 4.78 is 10.7. The van der Waals surface area contributed by atoms with Crippen LogP contribution in [0.2, 0.25) is 10.0 Å². The van der Waals surface area contributed by atoms with Gasteiger partial charge in [0.15, 0.2) is 0 Å². The van der Waals surface area contributed by atoms with Crippen molar-refractivity contribution in [1.29, 1.82) is 0 Å². The molecule has 0 radical (unpaired) electrons. The summed E-state index contributed by atoms with van der Waals surface area (Å²) >= 11 is 12.3. The summed E-state index contributed by atoms with van der Waals surface area (Å²) in [6.45, 7) is 1.11. The van der Waals surface area contributed by atoms with E-state index in [1.165, 1.54) is 0 Å². The van der Waals surface area contributed by atoms with Gasteiger partial charge in [0.25, 0.3) is 0 Å². The standard InChI is InChI=1S/C18H17Cl2N3O2/c1-23(10-12-6-5-8-14(19)17(12)20)11-16-21-18(22-25-16)13-7-3-4-9-15(13)24-2/h3-9H,10-11H2,1-2H3. The Labute approximate surface area is 156 Å². The fraction of sp³-hybridized carbons (Fsp3) is 0.222. The van der Waals surface area contributed by atoms with E-state index in [9.17, 15) is 0 Å². The number of hydrogen-bond acceptors (Lipinski definition) is 5. The van der Waals surface area contributed by atoms with Crippen molar-refractivity contribution in [3.63, 3.8) is 0 Å². The Balaban J connectivity index is 1.72. The minimum Gasteiger partial charge on any atom is -0.496 e. The first-order chi connectivity index (χ1) is 12.1. The van der Waals surface area contributed by atoms with Gasteiger partial charge in [0, 0.05) is 6.54 Å². The van der Waals surface area contributed by atoms with Crippen LogP contribution in [0.25, 0.3) is 11.4 Å². The molecule has 0 unspecified atom stereocenters. The van der Waals surface area contributed by atoms with E-state index in [4.69, 9.17) is 32.5 Å². The van der Waals surface area contributed by atoms with Gasteiger partial charge in [0.1, 0.15) is 5.75 Å². The molecule has 0 amide bonds. The molecule has 0 bridgehead atoms. The van der Waals surface area contributed by atoms with Crippen LogP contribution >= 0.6 is 23.2 Å². The first-order valence-electron chi connectivity index (χ1n) is 7.66. The predicted octanol–water partition coefficient (Wildman–Crippen LogP) is 4.68. The highest BCUT2D eigenvalue weighted by Gasteiger charge is 2.15. The van der Waals surface area contributed by atoms with E-state index >= 15 is 0 Å². The Morgan fingerprint density at radius 3 is 2.68 bits per heavy atom. The van der Waals surface area contributed by atoms with Crippen molar-refractivity contribution < 1.29 is 9.26 Å². The average Bonchev–Trinajstić information content (AvgIpc) is 3.07. The number of rotatable bonds is 6. The lowest BCUT2D eigenvalue weighted by atomic mass is 10.2. The average molecular weight is 378 g/mol. The second-order valence-corrected chi connectivity index (χ2v) is 6.38. The van der Waals surface area contributed by atoms with Crippen molar-refractivity contribution >= 4 is 23.2 Å². The van der Waals surface area contributed by atoms with Gasteiger partial charge >= 0.3 is 0 Å². The van der Waals surface area contributed by atoms with Crippen LogP contribution in [0.4, 0.5) is 0 Å². The van der Waals surface area contributed by atoms with E-state index in [1.807, 2.05) is 48.3 Å². The van der Waals surface area contributed by atoms with Crippen LogP contribution in [0, 0.1) is 0 Å². The molecule has 2 aromatic carbocycles. The van der Waals surface area contributed by atoms with Crippen LogP contribution in [0.5, 0.6) is 5.75 Å². The van der Waals surface area contributed by atoms with E-state index in [0.717, 1.165) is 11.1 Å². The summed E-state index contributed by atoms with van der Waals surface area (Å²) in [5.41, 5.74) is 1.74. The molecule has 0 spiro atoms. The maximum absolute atomic E-state index is 6.23. The summed E-state index contributed by atoms with van der Waals surface area (Å²) in [5, 5.41) is 5.16. The topological polar surface area (TPSA) is 51.4 Å². The van der Waals surface area contributed by atoms with Gasteiger partial charge in [0.2, 0.25) is 11.7 Å². The first-order valence-corrected chi connectivity index (χ1v) is 8.41. The maximum atomic E-state index is 6.23. The van der Waals surface area contributed by atoms with Gasteiger partial charge in [-0.1, -0.05) is 52.6 Å². The molecule has 0 aliphatic carbocycles. The molecule has 0 atom stereocenters. The summed E-state index contributed by atoms with van der Waals surface area (Å²) in [4.78, 5) is 6.48. The molecule has 7 heteroatoms. The van der Waals surface area contributed by atoms with Gasteiger partial charge in [-0.05, 0) is 30.8 Å². The maximum Gasteiger partial charge on any atom is 0.241 e. The molecule has 0 aliphatic rings. The van der Waals surface area contributed by atoms with Gasteiger partial charge < -0.3 is 9.26 Å². The third kappa shape index (κ3) is 4.12. The Hall–Kier alpha value is -2.08. The number of hydrogen-bond donors (Lipinski definition) is 0. The monoisotopic (exact) mass is 377 g/mol. The lowest BCUT2D eigenvalue weighted by Crippen LogP contribution is -2.17. The first kappa shape index (κ1) is 17.7. The van der Waals surface area contributed by atoms with Crippen molar-refractivity contribution in [2.75, 3.05) is 14.2 Å². The normalized spacial score (nSPS) is 11.1. The molecule has 0 fully saturated rings. The third-order valence-corrected chi connectivity index (χ3v) is 4.55. The predicted molar refractivity (Wildman–Crippen MR) is 97.9 cm³/mol. The SMILES string of the molecule is COc1ccccc1-c1noc(CN(C)Cc2cccc(Cl)c2Cl)n1. The number of aromatic nitrogens is 2. The summed E-state index contributed by atoms with van der Waals surface area (Å²) in [6.07, 6.45) is 0. The number of benzene rings is 2. The zero-order chi connectivity index (χ0) is 17.8. The zero-order valence-electron chi connectivity index (χ0n) is 13.9. The molecule has 3 aromatic rings. The van der Waals surface area contributed by atoms with E-state index in [1.54, 1.807) is 13.2 Å². The second kappa shape index (κ2) is 7.87. The van der Waals surface area contributed by atoms with Crippen LogP contribution in [0.1, 0.15) is 11.5 Å². The van der Waals surface area contributed by atoms with Gasteiger partial charge in [0.05, 0.1) is 29.3 Å². The largest absolute Gasteiger partial charge is 0.496 e. The quantitative estimate of drug-likeness (QED) is 0.623. The summed E-state index contributed by atoms with van der Waals surface area (Å²) in [5.74, 6) is 1.72. The highest BCUT2D eigenvalue weighted by Crippen LogP contribution is 2.28. The fourth-order valence-corrected chi connectivity index (χ4v) is 2.89. The van der Waals surface area contributed by atoms with E-state index in [-0.39, 0.29) is 0 Å². The number of ether oxygens (including phenoxy) is 1. The molecular formula is C18H17Cl2N3O2.